The maximum atomic E-state index is 14.4. The molecule has 0 aliphatic heterocycles. The number of aliphatic hydroxyl groups excluding tert-OH is 1. The lowest BCUT2D eigenvalue weighted by atomic mass is 9.55. The number of nitrogens with two attached hydrogens (primary N) is 1. The minimum atomic E-state index is -4.24. The molecular weight excluding hydrogens is 345 g/mol. The van der Waals surface area contributed by atoms with E-state index in [-0.39, 0.29) is 23.2 Å². The number of aryl methyl sites for hydroxylation is 1. The van der Waals surface area contributed by atoms with Crippen molar-refractivity contribution >= 4 is 10.3 Å². The number of fused-ring (bicyclic) bond motifs is 5. The van der Waals surface area contributed by atoms with Crippen molar-refractivity contribution in [1.29, 1.82) is 0 Å². The van der Waals surface area contributed by atoms with Gasteiger partial charge in [-0.05, 0) is 85.0 Å². The number of rotatable bonds is 2. The van der Waals surface area contributed by atoms with E-state index in [1.807, 2.05) is 0 Å². The van der Waals surface area contributed by atoms with Gasteiger partial charge in [0.05, 0.1) is 6.10 Å². The van der Waals surface area contributed by atoms with Gasteiger partial charge in [0.15, 0.2) is 11.6 Å². The molecule has 0 saturated heterocycles. The van der Waals surface area contributed by atoms with Crippen molar-refractivity contribution < 1.29 is 22.1 Å². The van der Waals surface area contributed by atoms with Gasteiger partial charge in [-0.15, -0.1) is 0 Å². The molecule has 4 rings (SSSR count). The highest BCUT2D eigenvalue weighted by molar-refractivity contribution is 7.84. The highest BCUT2D eigenvalue weighted by atomic mass is 32.2. The summed E-state index contributed by atoms with van der Waals surface area (Å²) in [5.41, 5.74) is 1.90. The Bertz CT molecular complexity index is 812. The van der Waals surface area contributed by atoms with Gasteiger partial charge < -0.3 is 9.29 Å². The molecule has 5 nitrogen and oxygen atoms in total. The molecule has 0 heterocycles. The molecule has 25 heavy (non-hydrogen) atoms. The molecule has 5 atom stereocenters. The van der Waals surface area contributed by atoms with Crippen LogP contribution < -0.4 is 9.32 Å². The minimum Gasteiger partial charge on any atom is -0.393 e. The van der Waals surface area contributed by atoms with E-state index >= 15 is 0 Å². The third kappa shape index (κ3) is 2.76. The average Bonchev–Trinajstić information content (AvgIpc) is 2.82. The Labute approximate surface area is 147 Å². The van der Waals surface area contributed by atoms with Gasteiger partial charge in [-0.25, -0.2) is 4.39 Å². The van der Waals surface area contributed by atoms with Crippen molar-refractivity contribution in [3.8, 4) is 5.75 Å². The Morgan fingerprint density at radius 3 is 2.76 bits per heavy atom. The molecular formula is C18H24FNO4S. The van der Waals surface area contributed by atoms with Crippen LogP contribution >= 0.6 is 0 Å². The zero-order chi connectivity index (χ0) is 18.0. The van der Waals surface area contributed by atoms with Crippen LogP contribution in [0.1, 0.15) is 56.1 Å². The first kappa shape index (κ1) is 17.2. The summed E-state index contributed by atoms with van der Waals surface area (Å²) in [5.74, 6) is 0.181. The van der Waals surface area contributed by atoms with E-state index in [1.54, 1.807) is 0 Å². The molecule has 2 saturated carbocycles. The Morgan fingerprint density at radius 1 is 1.28 bits per heavy atom. The van der Waals surface area contributed by atoms with Gasteiger partial charge in [0, 0.05) is 0 Å². The highest BCUT2D eigenvalue weighted by Crippen LogP contribution is 2.61. The number of halogens is 1. The normalized spacial score (nSPS) is 37.1. The number of benzene rings is 1. The lowest BCUT2D eigenvalue weighted by Crippen LogP contribution is -2.44. The van der Waals surface area contributed by atoms with Crippen LogP contribution in [-0.4, -0.2) is 19.6 Å². The molecule has 0 radical (unpaired) electrons. The third-order valence-corrected chi connectivity index (χ3v) is 7.35. The Kier molecular flexibility index (Phi) is 3.90. The molecule has 138 valence electrons. The highest BCUT2D eigenvalue weighted by Gasteiger charge is 2.54. The van der Waals surface area contributed by atoms with E-state index < -0.39 is 16.1 Å². The molecule has 3 N–H and O–H groups in total. The predicted molar refractivity (Wildman–Crippen MR) is 90.8 cm³/mol. The SMILES string of the molecule is C[C@]12CC[C@@H]3c4cc(F)c(OS(N)(=O)=O)cc4CC[C@H]3[C@@H]1CC[C@@H]2O. The second kappa shape index (κ2) is 5.66. The summed E-state index contributed by atoms with van der Waals surface area (Å²) in [6, 6.07) is 2.92. The fraction of sp³-hybridized carbons (Fsp3) is 0.667. The predicted octanol–water partition coefficient (Wildman–Crippen LogP) is 2.63. The zero-order valence-corrected chi connectivity index (χ0v) is 15.1. The molecule has 7 heteroatoms. The Morgan fingerprint density at radius 2 is 2.04 bits per heavy atom. The lowest BCUT2D eigenvalue weighted by Gasteiger charge is -2.50. The van der Waals surface area contributed by atoms with Crippen LogP contribution in [0, 0.1) is 23.1 Å². The largest absolute Gasteiger partial charge is 0.393 e. The van der Waals surface area contributed by atoms with Crippen LogP contribution in [0.15, 0.2) is 12.1 Å². The molecule has 3 aliphatic rings. The molecule has 0 bridgehead atoms. The second-order valence-corrected chi connectivity index (χ2v) is 9.26. The van der Waals surface area contributed by atoms with Crippen molar-refractivity contribution in [3.05, 3.63) is 29.1 Å². The fourth-order valence-corrected chi connectivity index (χ4v) is 6.11. The molecule has 0 amide bonds. The van der Waals surface area contributed by atoms with E-state index in [2.05, 4.69) is 11.1 Å². The lowest BCUT2D eigenvalue weighted by molar-refractivity contribution is -0.0226. The quantitative estimate of drug-likeness (QED) is 0.839. The summed E-state index contributed by atoms with van der Waals surface area (Å²) in [5, 5.41) is 15.3. The van der Waals surface area contributed by atoms with E-state index in [9.17, 15) is 17.9 Å². The smallest absolute Gasteiger partial charge is 0.380 e. The average molecular weight is 369 g/mol. The topological polar surface area (TPSA) is 89.6 Å². The monoisotopic (exact) mass is 369 g/mol. The third-order valence-electron chi connectivity index (χ3n) is 6.93. The van der Waals surface area contributed by atoms with Gasteiger partial charge in [-0.2, -0.15) is 13.6 Å². The minimum absolute atomic E-state index is 0.0199. The van der Waals surface area contributed by atoms with Gasteiger partial charge in [0.2, 0.25) is 0 Å². The Hall–Kier alpha value is -1.18. The zero-order valence-electron chi connectivity index (χ0n) is 14.2. The fourth-order valence-electron chi connectivity index (χ4n) is 5.73. The van der Waals surface area contributed by atoms with Crippen LogP contribution in [0.2, 0.25) is 0 Å². The molecule has 1 aromatic rings. The van der Waals surface area contributed by atoms with E-state index in [0.717, 1.165) is 49.7 Å². The van der Waals surface area contributed by atoms with Crippen LogP contribution in [0.5, 0.6) is 5.75 Å². The number of hydrogen-bond acceptors (Lipinski definition) is 4. The van der Waals surface area contributed by atoms with Crippen molar-refractivity contribution in [2.24, 2.45) is 22.4 Å². The van der Waals surface area contributed by atoms with Gasteiger partial charge >= 0.3 is 10.3 Å². The van der Waals surface area contributed by atoms with Gasteiger partial charge in [-0.1, -0.05) is 6.92 Å². The van der Waals surface area contributed by atoms with Gasteiger partial charge in [-0.3, -0.25) is 0 Å². The Balaban J connectivity index is 1.68. The maximum Gasteiger partial charge on any atom is 0.380 e. The van der Waals surface area contributed by atoms with Gasteiger partial charge in [0.25, 0.3) is 0 Å². The van der Waals surface area contributed by atoms with Crippen molar-refractivity contribution in [3.63, 3.8) is 0 Å². The van der Waals surface area contributed by atoms with Crippen molar-refractivity contribution in [2.45, 2.75) is 57.5 Å². The van der Waals surface area contributed by atoms with Crippen LogP contribution in [0.3, 0.4) is 0 Å². The van der Waals surface area contributed by atoms with Gasteiger partial charge in [0.1, 0.15) is 0 Å². The van der Waals surface area contributed by atoms with Crippen LogP contribution in [0.25, 0.3) is 0 Å². The molecule has 3 aliphatic carbocycles. The summed E-state index contributed by atoms with van der Waals surface area (Å²) in [7, 11) is -4.24. The maximum absolute atomic E-state index is 14.4. The molecule has 1 aromatic carbocycles. The summed E-state index contributed by atoms with van der Waals surface area (Å²) in [6.45, 7) is 2.20. The first-order valence-electron chi connectivity index (χ1n) is 8.91. The summed E-state index contributed by atoms with van der Waals surface area (Å²) < 4.78 is 41.2. The molecule has 0 unspecified atom stereocenters. The molecule has 2 fully saturated rings. The van der Waals surface area contributed by atoms with Crippen LogP contribution in [-0.2, 0) is 16.7 Å². The molecule has 0 spiro atoms. The van der Waals surface area contributed by atoms with Crippen LogP contribution in [0.4, 0.5) is 4.39 Å². The first-order chi connectivity index (χ1) is 11.7. The van der Waals surface area contributed by atoms with Crippen molar-refractivity contribution in [2.75, 3.05) is 0 Å². The van der Waals surface area contributed by atoms with E-state index in [0.29, 0.717) is 11.8 Å². The summed E-state index contributed by atoms with van der Waals surface area (Å²) in [6.07, 6.45) is 5.26. The van der Waals surface area contributed by atoms with E-state index in [4.69, 9.17) is 5.14 Å². The standard InChI is InChI=1S/C18H24FNO4S/c1-18-7-6-11-12(14(18)4-5-17(18)21)3-2-10-8-16(24-25(20,22)23)15(19)9-13(10)11/h8-9,11-12,14,17,21H,2-7H2,1H3,(H2,20,22,23)/t11-,12+,14-,17-,18-/m0/s1. The second-order valence-electron chi connectivity index (χ2n) is 8.11. The number of aliphatic hydroxyl groups is 1. The molecule has 0 aromatic heterocycles. The summed E-state index contributed by atoms with van der Waals surface area (Å²) >= 11 is 0. The van der Waals surface area contributed by atoms with Crippen molar-refractivity contribution in [1.82, 2.24) is 0 Å². The number of hydrogen-bond donors (Lipinski definition) is 2. The van der Waals surface area contributed by atoms with E-state index in [1.165, 1.54) is 12.1 Å². The first-order valence-corrected chi connectivity index (χ1v) is 10.4. The summed E-state index contributed by atoms with van der Waals surface area (Å²) in [4.78, 5) is 0.